The Kier molecular flexibility index (Phi) is 3.57. The highest BCUT2D eigenvalue weighted by Crippen LogP contribution is 2.04. The van der Waals surface area contributed by atoms with E-state index in [2.05, 4.69) is 29.3 Å². The number of nitrogens with one attached hydrogen (secondary N) is 1. The predicted molar refractivity (Wildman–Crippen MR) is 47.1 cm³/mol. The molecule has 1 aromatic rings. The fourth-order valence-electron chi connectivity index (χ4n) is 0.883. The molecule has 4 nitrogen and oxygen atoms in total. The second-order valence-corrected chi connectivity index (χ2v) is 2.69. The van der Waals surface area contributed by atoms with Crippen molar-refractivity contribution in [3.63, 3.8) is 0 Å². The molecule has 1 N–H and O–H groups in total. The molecule has 0 amide bonds. The van der Waals surface area contributed by atoms with Gasteiger partial charge in [0.2, 0.25) is 0 Å². The molecule has 0 saturated heterocycles. The van der Waals surface area contributed by atoms with Gasteiger partial charge in [0.15, 0.2) is 5.82 Å². The van der Waals surface area contributed by atoms with Gasteiger partial charge in [-0.1, -0.05) is 19.0 Å². The summed E-state index contributed by atoms with van der Waals surface area (Å²) in [5.74, 6) is 0.788. The molecule has 0 radical (unpaired) electrons. The van der Waals surface area contributed by atoms with Crippen molar-refractivity contribution in [2.24, 2.45) is 0 Å². The SMILES string of the molecule is CCCNc1nc(CCC)no1. The summed E-state index contributed by atoms with van der Waals surface area (Å²) >= 11 is 0. The van der Waals surface area contributed by atoms with Crippen LogP contribution in [-0.4, -0.2) is 16.7 Å². The van der Waals surface area contributed by atoms with Crippen molar-refractivity contribution >= 4 is 6.01 Å². The summed E-state index contributed by atoms with van der Waals surface area (Å²) in [6.45, 7) is 5.07. The minimum absolute atomic E-state index is 0.542. The van der Waals surface area contributed by atoms with Crippen LogP contribution in [0.15, 0.2) is 4.52 Å². The fraction of sp³-hybridized carbons (Fsp3) is 0.750. The van der Waals surface area contributed by atoms with Gasteiger partial charge in [-0.3, -0.25) is 0 Å². The van der Waals surface area contributed by atoms with Crippen molar-refractivity contribution in [3.8, 4) is 0 Å². The van der Waals surface area contributed by atoms with Gasteiger partial charge < -0.3 is 9.84 Å². The van der Waals surface area contributed by atoms with Crippen LogP contribution in [0.2, 0.25) is 0 Å². The number of aryl methyl sites for hydroxylation is 1. The van der Waals surface area contributed by atoms with Crippen LogP contribution >= 0.6 is 0 Å². The minimum atomic E-state index is 0.542. The molecule has 0 bridgehead atoms. The molecule has 0 aliphatic rings. The highest BCUT2D eigenvalue weighted by molar-refractivity contribution is 5.17. The molecule has 1 aromatic heterocycles. The van der Waals surface area contributed by atoms with E-state index in [0.29, 0.717) is 6.01 Å². The number of aromatic nitrogens is 2. The maximum absolute atomic E-state index is 4.95. The summed E-state index contributed by atoms with van der Waals surface area (Å²) in [6.07, 6.45) is 3.00. The molecule has 0 unspecified atom stereocenters. The van der Waals surface area contributed by atoms with Gasteiger partial charge >= 0.3 is 6.01 Å². The normalized spacial score (nSPS) is 10.2. The van der Waals surface area contributed by atoms with Crippen LogP contribution < -0.4 is 5.32 Å². The zero-order valence-corrected chi connectivity index (χ0v) is 7.63. The second kappa shape index (κ2) is 4.74. The molecule has 4 heteroatoms. The monoisotopic (exact) mass is 169 g/mol. The first-order chi connectivity index (χ1) is 5.86. The van der Waals surface area contributed by atoms with Crippen LogP contribution in [0.25, 0.3) is 0 Å². The first kappa shape index (κ1) is 9.03. The van der Waals surface area contributed by atoms with E-state index < -0.39 is 0 Å². The van der Waals surface area contributed by atoms with Gasteiger partial charge in [0.1, 0.15) is 0 Å². The second-order valence-electron chi connectivity index (χ2n) is 2.69. The fourth-order valence-corrected chi connectivity index (χ4v) is 0.883. The minimum Gasteiger partial charge on any atom is -0.338 e. The van der Waals surface area contributed by atoms with E-state index in [1.807, 2.05) is 0 Å². The lowest BCUT2D eigenvalue weighted by atomic mass is 10.3. The molecule has 1 rings (SSSR count). The van der Waals surface area contributed by atoms with Gasteiger partial charge in [-0.05, 0) is 12.8 Å². The van der Waals surface area contributed by atoms with Crippen LogP contribution in [0.1, 0.15) is 32.5 Å². The van der Waals surface area contributed by atoms with Crippen molar-refractivity contribution in [2.45, 2.75) is 33.1 Å². The molecule has 0 saturated carbocycles. The predicted octanol–water partition coefficient (Wildman–Crippen LogP) is 1.84. The topological polar surface area (TPSA) is 51.0 Å². The third-order valence-corrected chi connectivity index (χ3v) is 1.47. The zero-order chi connectivity index (χ0) is 8.81. The number of anilines is 1. The first-order valence-electron chi connectivity index (χ1n) is 4.43. The average Bonchev–Trinajstić information content (AvgIpc) is 2.50. The van der Waals surface area contributed by atoms with Gasteiger partial charge in [0, 0.05) is 13.0 Å². The average molecular weight is 169 g/mol. The Bertz CT molecular complexity index is 222. The maximum atomic E-state index is 4.95. The molecule has 0 aliphatic heterocycles. The molecule has 1 heterocycles. The van der Waals surface area contributed by atoms with Crippen molar-refractivity contribution < 1.29 is 4.52 Å². The summed E-state index contributed by atoms with van der Waals surface area (Å²) < 4.78 is 4.95. The van der Waals surface area contributed by atoms with E-state index in [1.165, 1.54) is 0 Å². The Hall–Kier alpha value is -1.06. The molecule has 0 aromatic carbocycles. The first-order valence-corrected chi connectivity index (χ1v) is 4.43. The quantitative estimate of drug-likeness (QED) is 0.730. The molecule has 12 heavy (non-hydrogen) atoms. The summed E-state index contributed by atoms with van der Waals surface area (Å²) in [4.78, 5) is 4.15. The number of nitrogens with zero attached hydrogens (tertiary/aromatic N) is 2. The molecule has 0 aliphatic carbocycles. The standard InChI is InChI=1S/C8H15N3O/c1-3-5-7-10-8(12-11-7)9-6-4-2/h3-6H2,1-2H3,(H,9,10,11). The van der Waals surface area contributed by atoms with E-state index in [-0.39, 0.29) is 0 Å². The largest absolute Gasteiger partial charge is 0.338 e. The Labute approximate surface area is 72.4 Å². The molecule has 0 atom stereocenters. The van der Waals surface area contributed by atoms with Gasteiger partial charge in [0.25, 0.3) is 0 Å². The van der Waals surface area contributed by atoms with E-state index in [9.17, 15) is 0 Å². The van der Waals surface area contributed by atoms with E-state index >= 15 is 0 Å². The summed E-state index contributed by atoms with van der Waals surface area (Å²) in [5, 5.41) is 6.84. The Morgan fingerprint density at radius 2 is 2.17 bits per heavy atom. The smallest absolute Gasteiger partial charge is 0.321 e. The molecular formula is C8H15N3O. The molecule has 68 valence electrons. The Morgan fingerprint density at radius 3 is 2.83 bits per heavy atom. The lowest BCUT2D eigenvalue weighted by Gasteiger charge is -1.93. The van der Waals surface area contributed by atoms with Gasteiger partial charge in [-0.25, -0.2) is 0 Å². The van der Waals surface area contributed by atoms with Crippen molar-refractivity contribution in [2.75, 3.05) is 11.9 Å². The van der Waals surface area contributed by atoms with Crippen molar-refractivity contribution in [1.82, 2.24) is 10.1 Å². The maximum Gasteiger partial charge on any atom is 0.321 e. The van der Waals surface area contributed by atoms with Gasteiger partial charge in [0.05, 0.1) is 0 Å². The highest BCUT2D eigenvalue weighted by Gasteiger charge is 2.02. The van der Waals surface area contributed by atoms with Crippen LogP contribution in [0.5, 0.6) is 0 Å². The lowest BCUT2D eigenvalue weighted by Crippen LogP contribution is -1.99. The van der Waals surface area contributed by atoms with Crippen LogP contribution in [0, 0.1) is 0 Å². The highest BCUT2D eigenvalue weighted by atomic mass is 16.5. The lowest BCUT2D eigenvalue weighted by molar-refractivity contribution is 0.422. The van der Waals surface area contributed by atoms with Crippen LogP contribution in [0.4, 0.5) is 6.01 Å². The summed E-state index contributed by atoms with van der Waals surface area (Å²) in [6, 6.07) is 0.542. The van der Waals surface area contributed by atoms with Gasteiger partial charge in [-0.15, -0.1) is 0 Å². The van der Waals surface area contributed by atoms with Crippen LogP contribution in [-0.2, 0) is 6.42 Å². The number of hydrogen-bond acceptors (Lipinski definition) is 4. The van der Waals surface area contributed by atoms with E-state index in [1.54, 1.807) is 0 Å². The molecule has 0 fully saturated rings. The Morgan fingerprint density at radius 1 is 1.33 bits per heavy atom. The van der Waals surface area contributed by atoms with E-state index in [4.69, 9.17) is 4.52 Å². The van der Waals surface area contributed by atoms with Crippen molar-refractivity contribution in [1.29, 1.82) is 0 Å². The number of hydrogen-bond donors (Lipinski definition) is 1. The summed E-state index contributed by atoms with van der Waals surface area (Å²) in [7, 11) is 0. The summed E-state index contributed by atoms with van der Waals surface area (Å²) in [5.41, 5.74) is 0. The Balaban J connectivity index is 2.41. The third kappa shape index (κ3) is 2.53. The number of rotatable bonds is 5. The zero-order valence-electron chi connectivity index (χ0n) is 7.63. The van der Waals surface area contributed by atoms with E-state index in [0.717, 1.165) is 31.6 Å². The van der Waals surface area contributed by atoms with Gasteiger partial charge in [-0.2, -0.15) is 4.98 Å². The molecule has 0 spiro atoms. The third-order valence-electron chi connectivity index (χ3n) is 1.47. The van der Waals surface area contributed by atoms with Crippen LogP contribution in [0.3, 0.4) is 0 Å². The van der Waals surface area contributed by atoms with Crippen molar-refractivity contribution in [3.05, 3.63) is 5.82 Å². The molecular weight excluding hydrogens is 154 g/mol.